The highest BCUT2D eigenvalue weighted by atomic mass is 16.1. The average molecular weight is 260 g/mol. The van der Waals surface area contributed by atoms with Gasteiger partial charge in [0, 0.05) is 6.42 Å². The van der Waals surface area contributed by atoms with Gasteiger partial charge in [0.2, 0.25) is 5.91 Å². The number of benzene rings is 1. The SMILES string of the molecule is Cc1cccc(N)c1NC(=O)CCC1CCCCC1. The van der Waals surface area contributed by atoms with Crippen LogP contribution in [0.15, 0.2) is 18.2 Å². The number of carbonyl (C=O) groups is 1. The van der Waals surface area contributed by atoms with E-state index in [1.54, 1.807) is 0 Å². The molecule has 0 heterocycles. The van der Waals surface area contributed by atoms with Crippen molar-refractivity contribution < 1.29 is 4.79 Å². The summed E-state index contributed by atoms with van der Waals surface area (Å²) in [4.78, 5) is 12.0. The highest BCUT2D eigenvalue weighted by Crippen LogP contribution is 2.28. The number of nitrogens with two attached hydrogens (primary N) is 1. The molecule has 19 heavy (non-hydrogen) atoms. The van der Waals surface area contributed by atoms with Gasteiger partial charge in [0.1, 0.15) is 0 Å². The summed E-state index contributed by atoms with van der Waals surface area (Å²) in [5.74, 6) is 0.834. The third kappa shape index (κ3) is 3.98. The van der Waals surface area contributed by atoms with E-state index in [-0.39, 0.29) is 5.91 Å². The fourth-order valence-electron chi connectivity index (χ4n) is 2.87. The summed E-state index contributed by atoms with van der Waals surface area (Å²) in [7, 11) is 0. The standard InChI is InChI=1S/C16H24N2O/c1-12-6-5-9-14(17)16(12)18-15(19)11-10-13-7-3-2-4-8-13/h5-6,9,13H,2-4,7-8,10-11,17H2,1H3,(H,18,19). The van der Waals surface area contributed by atoms with Crippen molar-refractivity contribution in [1.29, 1.82) is 0 Å². The lowest BCUT2D eigenvalue weighted by Gasteiger charge is -2.21. The van der Waals surface area contributed by atoms with Crippen LogP contribution in [0.5, 0.6) is 0 Å². The van der Waals surface area contributed by atoms with Crippen molar-refractivity contribution in [3.8, 4) is 0 Å². The van der Waals surface area contributed by atoms with Crippen LogP contribution in [0.1, 0.15) is 50.5 Å². The van der Waals surface area contributed by atoms with E-state index in [9.17, 15) is 4.79 Å². The molecule has 1 amide bonds. The van der Waals surface area contributed by atoms with Gasteiger partial charge in [-0.25, -0.2) is 0 Å². The molecule has 2 rings (SSSR count). The van der Waals surface area contributed by atoms with Crippen molar-refractivity contribution in [3.05, 3.63) is 23.8 Å². The van der Waals surface area contributed by atoms with Crippen LogP contribution in [0.25, 0.3) is 0 Å². The lowest BCUT2D eigenvalue weighted by Crippen LogP contribution is -2.16. The number of hydrogen-bond donors (Lipinski definition) is 2. The molecule has 0 unspecified atom stereocenters. The maximum absolute atomic E-state index is 12.0. The molecule has 0 radical (unpaired) electrons. The number of aryl methyl sites for hydroxylation is 1. The zero-order chi connectivity index (χ0) is 13.7. The molecule has 0 bridgehead atoms. The molecule has 1 aliphatic carbocycles. The first-order chi connectivity index (χ1) is 9.16. The van der Waals surface area contributed by atoms with Crippen LogP contribution in [-0.4, -0.2) is 5.91 Å². The number of anilines is 2. The topological polar surface area (TPSA) is 55.1 Å². The molecule has 0 saturated heterocycles. The normalized spacial score (nSPS) is 16.3. The maximum atomic E-state index is 12.0. The second-order valence-electron chi connectivity index (χ2n) is 5.63. The Morgan fingerprint density at radius 3 is 2.74 bits per heavy atom. The van der Waals surface area contributed by atoms with E-state index in [1.807, 2.05) is 25.1 Å². The highest BCUT2D eigenvalue weighted by molar-refractivity contribution is 5.94. The molecule has 0 spiro atoms. The average Bonchev–Trinajstić information content (AvgIpc) is 2.42. The van der Waals surface area contributed by atoms with Crippen LogP contribution in [0.4, 0.5) is 11.4 Å². The Labute approximate surface area is 115 Å². The van der Waals surface area contributed by atoms with Crippen LogP contribution < -0.4 is 11.1 Å². The molecule has 1 aromatic rings. The Balaban J connectivity index is 1.83. The first-order valence-electron chi connectivity index (χ1n) is 7.32. The predicted molar refractivity (Wildman–Crippen MR) is 80.0 cm³/mol. The molecule has 0 atom stereocenters. The van der Waals surface area contributed by atoms with Gasteiger partial charge >= 0.3 is 0 Å². The van der Waals surface area contributed by atoms with E-state index in [4.69, 9.17) is 5.73 Å². The van der Waals surface area contributed by atoms with E-state index < -0.39 is 0 Å². The quantitative estimate of drug-likeness (QED) is 0.807. The van der Waals surface area contributed by atoms with Gasteiger partial charge in [-0.3, -0.25) is 4.79 Å². The second-order valence-corrected chi connectivity index (χ2v) is 5.63. The minimum Gasteiger partial charge on any atom is -0.397 e. The van der Waals surface area contributed by atoms with Gasteiger partial charge in [0.05, 0.1) is 11.4 Å². The number of amides is 1. The van der Waals surface area contributed by atoms with Crippen molar-refractivity contribution in [1.82, 2.24) is 0 Å². The number of nitrogens with one attached hydrogen (secondary N) is 1. The van der Waals surface area contributed by atoms with Gasteiger partial charge in [-0.15, -0.1) is 0 Å². The lowest BCUT2D eigenvalue weighted by molar-refractivity contribution is -0.116. The largest absolute Gasteiger partial charge is 0.397 e. The fraction of sp³-hybridized carbons (Fsp3) is 0.562. The summed E-state index contributed by atoms with van der Waals surface area (Å²) in [6, 6.07) is 5.69. The van der Waals surface area contributed by atoms with E-state index in [0.29, 0.717) is 12.1 Å². The van der Waals surface area contributed by atoms with Gasteiger partial charge in [-0.1, -0.05) is 44.2 Å². The molecule has 1 fully saturated rings. The maximum Gasteiger partial charge on any atom is 0.224 e. The van der Waals surface area contributed by atoms with Crippen LogP contribution >= 0.6 is 0 Å². The molecular weight excluding hydrogens is 236 g/mol. The van der Waals surface area contributed by atoms with Gasteiger partial charge < -0.3 is 11.1 Å². The van der Waals surface area contributed by atoms with Crippen LogP contribution in [0.2, 0.25) is 0 Å². The number of rotatable bonds is 4. The Morgan fingerprint density at radius 2 is 2.05 bits per heavy atom. The second kappa shape index (κ2) is 6.60. The Bertz CT molecular complexity index is 416. The smallest absolute Gasteiger partial charge is 0.224 e. The molecular formula is C16H24N2O. The monoisotopic (exact) mass is 260 g/mol. The van der Waals surface area contributed by atoms with Gasteiger partial charge in [0.15, 0.2) is 0 Å². The van der Waals surface area contributed by atoms with Crippen molar-refractivity contribution in [2.24, 2.45) is 5.92 Å². The Kier molecular flexibility index (Phi) is 4.83. The number of carbonyl (C=O) groups excluding carboxylic acids is 1. The first-order valence-corrected chi connectivity index (χ1v) is 7.32. The van der Waals surface area contributed by atoms with Crippen molar-refractivity contribution in [2.45, 2.75) is 51.9 Å². The zero-order valence-corrected chi connectivity index (χ0v) is 11.7. The summed E-state index contributed by atoms with van der Waals surface area (Å²) in [6.07, 6.45) is 8.23. The molecule has 104 valence electrons. The van der Waals surface area contributed by atoms with Crippen LogP contribution in [0.3, 0.4) is 0 Å². The third-order valence-electron chi connectivity index (χ3n) is 4.07. The van der Waals surface area contributed by atoms with Crippen molar-refractivity contribution in [2.75, 3.05) is 11.1 Å². The van der Waals surface area contributed by atoms with Crippen molar-refractivity contribution in [3.63, 3.8) is 0 Å². The molecule has 3 heteroatoms. The molecule has 1 saturated carbocycles. The van der Waals surface area contributed by atoms with Crippen LogP contribution in [-0.2, 0) is 4.79 Å². The minimum atomic E-state index is 0.0894. The van der Waals surface area contributed by atoms with E-state index in [1.165, 1.54) is 32.1 Å². The molecule has 0 aromatic heterocycles. The summed E-state index contributed by atoms with van der Waals surface area (Å²) < 4.78 is 0. The zero-order valence-electron chi connectivity index (χ0n) is 11.7. The number of hydrogen-bond acceptors (Lipinski definition) is 2. The van der Waals surface area contributed by atoms with E-state index >= 15 is 0 Å². The molecule has 0 aliphatic heterocycles. The predicted octanol–water partition coefficient (Wildman–Crippen LogP) is 3.88. The van der Waals surface area contributed by atoms with E-state index in [2.05, 4.69) is 5.32 Å². The summed E-state index contributed by atoms with van der Waals surface area (Å²) in [6.45, 7) is 1.97. The highest BCUT2D eigenvalue weighted by Gasteiger charge is 2.15. The van der Waals surface area contributed by atoms with Gasteiger partial charge in [0.25, 0.3) is 0 Å². The molecule has 1 aromatic carbocycles. The third-order valence-corrected chi connectivity index (χ3v) is 4.07. The van der Waals surface area contributed by atoms with Crippen LogP contribution in [0, 0.1) is 12.8 Å². The van der Waals surface area contributed by atoms with Gasteiger partial charge in [-0.2, -0.15) is 0 Å². The molecule has 3 N–H and O–H groups in total. The Hall–Kier alpha value is -1.51. The first kappa shape index (κ1) is 13.9. The minimum absolute atomic E-state index is 0.0894. The number of nitrogen functional groups attached to an aromatic ring is 1. The number of para-hydroxylation sites is 1. The summed E-state index contributed by atoms with van der Waals surface area (Å²) in [5.41, 5.74) is 8.33. The molecule has 3 nitrogen and oxygen atoms in total. The lowest BCUT2D eigenvalue weighted by atomic mass is 9.86. The fourth-order valence-corrected chi connectivity index (χ4v) is 2.87. The summed E-state index contributed by atoms with van der Waals surface area (Å²) in [5, 5.41) is 2.95. The van der Waals surface area contributed by atoms with Gasteiger partial charge in [-0.05, 0) is 30.9 Å². The van der Waals surface area contributed by atoms with Crippen molar-refractivity contribution >= 4 is 17.3 Å². The Morgan fingerprint density at radius 1 is 1.32 bits per heavy atom. The van der Waals surface area contributed by atoms with E-state index in [0.717, 1.165) is 23.6 Å². The molecule has 1 aliphatic rings. The summed E-state index contributed by atoms with van der Waals surface area (Å²) >= 11 is 0.